The number of aliphatic hydroxyl groups excluding tert-OH is 1. The van der Waals surface area contributed by atoms with Crippen LogP contribution in [0.3, 0.4) is 0 Å². The summed E-state index contributed by atoms with van der Waals surface area (Å²) in [4.78, 5) is 35.5. The van der Waals surface area contributed by atoms with Crippen LogP contribution in [0, 0.1) is 5.82 Å². The molecule has 0 saturated heterocycles. The van der Waals surface area contributed by atoms with Gasteiger partial charge in [-0.1, -0.05) is 29.8 Å². The number of hydrogen-bond donors (Lipinski definition) is 2. The highest BCUT2D eigenvalue weighted by Crippen LogP contribution is 2.32. The minimum Gasteiger partial charge on any atom is -0.494 e. The number of ether oxygens (including phenoxy) is 1. The average molecular weight is 519 g/mol. The molecule has 2 N–H and O–H groups in total. The first-order chi connectivity index (χ1) is 16.7. The summed E-state index contributed by atoms with van der Waals surface area (Å²) >= 11 is 12.1. The molecule has 8 nitrogen and oxygen atoms in total. The molecule has 0 aliphatic carbocycles. The molecule has 0 unspecified atom stereocenters. The Bertz CT molecular complexity index is 1310. The third-order valence-corrected chi connectivity index (χ3v) is 6.27. The van der Waals surface area contributed by atoms with Crippen molar-refractivity contribution >= 4 is 35.0 Å². The zero-order valence-electron chi connectivity index (χ0n) is 18.8. The Morgan fingerprint density at radius 3 is 2.77 bits per heavy atom. The zero-order chi connectivity index (χ0) is 25.3. The second kappa shape index (κ2) is 10.2. The van der Waals surface area contributed by atoms with Gasteiger partial charge in [-0.25, -0.2) is 14.4 Å². The van der Waals surface area contributed by atoms with Crippen molar-refractivity contribution in [2.45, 2.75) is 25.6 Å². The molecular formula is C24H21Cl2FN4O4. The van der Waals surface area contributed by atoms with Gasteiger partial charge in [0, 0.05) is 17.7 Å². The van der Waals surface area contributed by atoms with E-state index >= 15 is 0 Å². The van der Waals surface area contributed by atoms with Gasteiger partial charge in [0.1, 0.15) is 6.04 Å². The molecule has 182 valence electrons. The van der Waals surface area contributed by atoms with Gasteiger partial charge < -0.3 is 20.1 Å². The summed E-state index contributed by atoms with van der Waals surface area (Å²) in [5.74, 6) is -1.43. The molecule has 0 fully saturated rings. The lowest BCUT2D eigenvalue weighted by molar-refractivity contribution is -0.127. The molecular weight excluding hydrogens is 498 g/mol. The van der Waals surface area contributed by atoms with E-state index in [1.54, 1.807) is 25.1 Å². The molecule has 4 rings (SSSR count). The number of methoxy groups -OCH3 is 1. The van der Waals surface area contributed by atoms with Crippen molar-refractivity contribution in [2.75, 3.05) is 13.7 Å². The summed E-state index contributed by atoms with van der Waals surface area (Å²) in [6.45, 7) is 1.28. The summed E-state index contributed by atoms with van der Waals surface area (Å²) in [7, 11) is 1.35. The summed E-state index contributed by atoms with van der Waals surface area (Å²) in [6.07, 6.45) is 1.37. The van der Waals surface area contributed by atoms with Gasteiger partial charge in [0.15, 0.2) is 11.6 Å². The first-order valence-corrected chi connectivity index (χ1v) is 11.4. The molecule has 3 aromatic rings. The van der Waals surface area contributed by atoms with Crippen LogP contribution in [0.5, 0.6) is 5.75 Å². The number of rotatable bonds is 7. The molecule has 1 aliphatic heterocycles. The number of carbonyl (C=O) groups excluding carboxylic acids is 2. The van der Waals surface area contributed by atoms with Crippen molar-refractivity contribution in [1.29, 1.82) is 0 Å². The summed E-state index contributed by atoms with van der Waals surface area (Å²) in [5, 5.41) is 13.0. The normalized spacial score (nSPS) is 14.5. The number of aliphatic hydroxyl groups is 1. The van der Waals surface area contributed by atoms with Crippen molar-refractivity contribution in [3.8, 4) is 17.0 Å². The minimum absolute atomic E-state index is 0.0164. The second-order valence-electron chi connectivity index (χ2n) is 7.96. The van der Waals surface area contributed by atoms with Gasteiger partial charge in [0.05, 0.1) is 36.7 Å². The highest BCUT2D eigenvalue weighted by Gasteiger charge is 2.37. The Hall–Kier alpha value is -3.27. The van der Waals surface area contributed by atoms with E-state index in [1.807, 2.05) is 0 Å². The SMILES string of the molecule is COc1cc([C@@H](C)NC(=O)[C@@H](CO)N2Cc3ccc(-c4nc(Cl)ncc4Cl)cc3C2=O)ccc1F. The second-order valence-corrected chi connectivity index (χ2v) is 8.71. The molecule has 1 aromatic heterocycles. The predicted octanol–water partition coefficient (Wildman–Crippen LogP) is 3.79. The Kier molecular flexibility index (Phi) is 7.20. The first kappa shape index (κ1) is 24.8. The van der Waals surface area contributed by atoms with Crippen LogP contribution in [0.2, 0.25) is 10.3 Å². The maximum absolute atomic E-state index is 13.7. The van der Waals surface area contributed by atoms with E-state index in [9.17, 15) is 19.1 Å². The van der Waals surface area contributed by atoms with Gasteiger partial charge in [0.25, 0.3) is 5.91 Å². The van der Waals surface area contributed by atoms with Crippen LogP contribution in [0.1, 0.15) is 34.5 Å². The van der Waals surface area contributed by atoms with Gasteiger partial charge in [-0.05, 0) is 47.9 Å². The Morgan fingerprint density at radius 2 is 2.06 bits per heavy atom. The summed E-state index contributed by atoms with van der Waals surface area (Å²) in [6, 6.07) is 7.73. The van der Waals surface area contributed by atoms with Crippen molar-refractivity contribution in [1.82, 2.24) is 20.2 Å². The fourth-order valence-electron chi connectivity index (χ4n) is 3.93. The largest absolute Gasteiger partial charge is 0.494 e. The molecule has 0 bridgehead atoms. The molecule has 11 heteroatoms. The molecule has 2 aromatic carbocycles. The predicted molar refractivity (Wildman–Crippen MR) is 128 cm³/mol. The summed E-state index contributed by atoms with van der Waals surface area (Å²) < 4.78 is 18.7. The lowest BCUT2D eigenvalue weighted by atomic mass is 10.0. The third kappa shape index (κ3) is 4.93. The molecule has 2 atom stereocenters. The molecule has 0 radical (unpaired) electrons. The molecule has 0 saturated carbocycles. The van der Waals surface area contributed by atoms with Crippen molar-refractivity contribution in [3.05, 3.63) is 75.4 Å². The first-order valence-electron chi connectivity index (χ1n) is 10.6. The van der Waals surface area contributed by atoms with Crippen LogP contribution < -0.4 is 10.1 Å². The van der Waals surface area contributed by atoms with Crippen molar-refractivity contribution in [3.63, 3.8) is 0 Å². The topological polar surface area (TPSA) is 105 Å². The van der Waals surface area contributed by atoms with Gasteiger partial charge >= 0.3 is 0 Å². The number of amides is 2. The van der Waals surface area contributed by atoms with Crippen LogP contribution in [0.25, 0.3) is 11.3 Å². The number of nitrogens with one attached hydrogen (secondary N) is 1. The number of nitrogens with zero attached hydrogens (tertiary/aromatic N) is 3. The number of benzene rings is 2. The monoisotopic (exact) mass is 518 g/mol. The van der Waals surface area contributed by atoms with Crippen molar-refractivity contribution in [2.24, 2.45) is 0 Å². The van der Waals surface area contributed by atoms with Crippen LogP contribution in [-0.2, 0) is 11.3 Å². The van der Waals surface area contributed by atoms with Crippen LogP contribution in [0.4, 0.5) is 4.39 Å². The van der Waals surface area contributed by atoms with E-state index in [4.69, 9.17) is 27.9 Å². The Morgan fingerprint density at radius 1 is 1.29 bits per heavy atom. The van der Waals surface area contributed by atoms with Gasteiger partial charge in [-0.2, -0.15) is 0 Å². The average Bonchev–Trinajstić information content (AvgIpc) is 3.16. The molecule has 1 aliphatic rings. The Labute approximate surface area is 210 Å². The van der Waals surface area contributed by atoms with Gasteiger partial charge in [0.2, 0.25) is 11.2 Å². The van der Waals surface area contributed by atoms with E-state index in [0.29, 0.717) is 27.9 Å². The molecule has 2 amide bonds. The van der Waals surface area contributed by atoms with E-state index < -0.39 is 36.3 Å². The fourth-order valence-corrected chi connectivity index (χ4v) is 4.27. The van der Waals surface area contributed by atoms with Gasteiger partial charge in [-0.15, -0.1) is 0 Å². The quantitative estimate of drug-likeness (QED) is 0.461. The highest BCUT2D eigenvalue weighted by atomic mass is 35.5. The molecule has 2 heterocycles. The zero-order valence-corrected chi connectivity index (χ0v) is 20.3. The van der Waals surface area contributed by atoms with E-state index in [2.05, 4.69) is 15.3 Å². The van der Waals surface area contributed by atoms with E-state index in [0.717, 1.165) is 0 Å². The third-order valence-electron chi connectivity index (χ3n) is 5.82. The van der Waals surface area contributed by atoms with E-state index in [-0.39, 0.29) is 22.6 Å². The van der Waals surface area contributed by atoms with Crippen LogP contribution in [-0.4, -0.2) is 51.5 Å². The standard InChI is InChI=1S/C24H21Cl2FN4O4/c1-12(13-5-6-18(27)20(8-13)35-2)29-22(33)19(11-32)31-10-15-4-3-14(7-16(15)23(31)34)21-17(25)9-28-24(26)30-21/h3-9,12,19,32H,10-11H2,1-2H3,(H,29,33)/t12-,19-/m1/s1. The molecule has 35 heavy (non-hydrogen) atoms. The minimum atomic E-state index is -1.12. The maximum Gasteiger partial charge on any atom is 0.255 e. The lowest BCUT2D eigenvalue weighted by Gasteiger charge is -2.27. The highest BCUT2D eigenvalue weighted by molar-refractivity contribution is 6.33. The van der Waals surface area contributed by atoms with Crippen LogP contribution in [0.15, 0.2) is 42.6 Å². The number of fused-ring (bicyclic) bond motifs is 1. The van der Waals surface area contributed by atoms with Crippen molar-refractivity contribution < 1.29 is 23.8 Å². The number of hydrogen-bond acceptors (Lipinski definition) is 6. The maximum atomic E-state index is 13.7. The number of aromatic nitrogens is 2. The summed E-state index contributed by atoms with van der Waals surface area (Å²) in [5.41, 5.74) is 2.61. The number of halogens is 3. The molecule has 0 spiro atoms. The van der Waals surface area contributed by atoms with E-state index in [1.165, 1.54) is 36.4 Å². The van der Waals surface area contributed by atoms with Crippen LogP contribution >= 0.6 is 23.2 Å². The number of carbonyl (C=O) groups is 2. The lowest BCUT2D eigenvalue weighted by Crippen LogP contribution is -2.49. The van der Waals surface area contributed by atoms with Gasteiger partial charge in [-0.3, -0.25) is 9.59 Å². The smallest absolute Gasteiger partial charge is 0.255 e. The fraction of sp³-hybridized carbons (Fsp3) is 0.250. The Balaban J connectivity index is 1.53.